The summed E-state index contributed by atoms with van der Waals surface area (Å²) in [7, 11) is 0. The molecule has 0 heterocycles. The monoisotopic (exact) mass is 327 g/mol. The van der Waals surface area contributed by atoms with Gasteiger partial charge in [-0.05, 0) is 50.1 Å². The van der Waals surface area contributed by atoms with E-state index in [1.54, 1.807) is 0 Å². The zero-order chi connectivity index (χ0) is 17.4. The van der Waals surface area contributed by atoms with Gasteiger partial charge in [0.05, 0.1) is 6.54 Å². The first-order valence-corrected chi connectivity index (χ1v) is 8.29. The summed E-state index contributed by atoms with van der Waals surface area (Å²) in [4.78, 5) is 12.2. The van der Waals surface area contributed by atoms with E-state index in [2.05, 4.69) is 5.32 Å². The van der Waals surface area contributed by atoms with Crippen LogP contribution in [0.3, 0.4) is 0 Å². The Kier molecular flexibility index (Phi) is 6.67. The Balaban J connectivity index is 1.76. The first-order chi connectivity index (χ1) is 11.6. The number of rotatable bonds is 8. The minimum absolute atomic E-state index is 0.120. The van der Waals surface area contributed by atoms with Gasteiger partial charge in [-0.25, -0.2) is 0 Å². The summed E-state index contributed by atoms with van der Waals surface area (Å²) in [6.07, 6.45) is 0.116. The van der Waals surface area contributed by atoms with E-state index in [0.29, 0.717) is 25.3 Å². The molecule has 0 bridgehead atoms. The van der Waals surface area contributed by atoms with Crippen molar-refractivity contribution in [2.45, 2.75) is 33.3 Å². The molecule has 0 aromatic heterocycles. The van der Waals surface area contributed by atoms with E-state index in [0.717, 1.165) is 16.9 Å². The van der Waals surface area contributed by atoms with Crippen molar-refractivity contribution in [2.75, 3.05) is 13.2 Å². The van der Waals surface area contributed by atoms with Crippen molar-refractivity contribution >= 4 is 5.91 Å². The summed E-state index contributed by atoms with van der Waals surface area (Å²) in [6, 6.07) is 15.5. The molecule has 0 fully saturated rings. The quantitative estimate of drug-likeness (QED) is 0.753. The number of amides is 1. The molecule has 4 nitrogen and oxygen atoms in total. The van der Waals surface area contributed by atoms with Crippen LogP contribution in [0, 0.1) is 13.8 Å². The van der Waals surface area contributed by atoms with E-state index < -0.39 is 6.10 Å². The maximum Gasteiger partial charge on any atom is 0.261 e. The molecule has 0 unspecified atom stereocenters. The minimum Gasteiger partial charge on any atom is -0.492 e. The summed E-state index contributed by atoms with van der Waals surface area (Å²) in [5.74, 6) is 1.40. The number of hydrogen-bond acceptors (Lipinski definition) is 3. The topological polar surface area (TPSA) is 47.6 Å². The lowest BCUT2D eigenvalue weighted by atomic mass is 10.2. The molecule has 0 radical (unpaired) electrons. The van der Waals surface area contributed by atoms with Crippen LogP contribution < -0.4 is 14.8 Å². The third-order valence-corrected chi connectivity index (χ3v) is 3.62. The normalized spacial score (nSPS) is 11.6. The molecule has 1 N–H and O–H groups in total. The fourth-order valence-electron chi connectivity index (χ4n) is 2.27. The van der Waals surface area contributed by atoms with Crippen LogP contribution in [0.5, 0.6) is 11.5 Å². The maximum atomic E-state index is 12.2. The van der Waals surface area contributed by atoms with Gasteiger partial charge in [0.25, 0.3) is 5.91 Å². The van der Waals surface area contributed by atoms with E-state index in [-0.39, 0.29) is 5.91 Å². The molecule has 0 saturated heterocycles. The highest BCUT2D eigenvalue weighted by molar-refractivity contribution is 5.81. The van der Waals surface area contributed by atoms with Gasteiger partial charge in [0.15, 0.2) is 6.10 Å². The lowest BCUT2D eigenvalue weighted by molar-refractivity contribution is -0.128. The standard InChI is InChI=1S/C20H25NO3/c1-4-19(24-17-10-8-15(2)9-11-17)20(22)21-12-13-23-18-7-5-6-16(3)14-18/h5-11,14,19H,4,12-13H2,1-3H3,(H,21,22)/t19-/m1/s1. The summed E-state index contributed by atoms with van der Waals surface area (Å²) in [6.45, 7) is 6.84. The highest BCUT2D eigenvalue weighted by Crippen LogP contribution is 2.15. The van der Waals surface area contributed by atoms with E-state index in [9.17, 15) is 4.79 Å². The third kappa shape index (κ3) is 5.61. The lowest BCUT2D eigenvalue weighted by Gasteiger charge is -2.17. The van der Waals surface area contributed by atoms with Crippen LogP contribution in [0.25, 0.3) is 0 Å². The molecule has 2 aromatic rings. The molecule has 0 aliphatic carbocycles. The molecule has 2 rings (SSSR count). The second-order valence-electron chi connectivity index (χ2n) is 5.78. The molecule has 1 atom stereocenters. The van der Waals surface area contributed by atoms with Crippen molar-refractivity contribution in [2.24, 2.45) is 0 Å². The van der Waals surface area contributed by atoms with Crippen molar-refractivity contribution in [1.29, 1.82) is 0 Å². The molecule has 0 spiro atoms. The molecular formula is C20H25NO3. The zero-order valence-corrected chi connectivity index (χ0v) is 14.5. The van der Waals surface area contributed by atoms with Gasteiger partial charge in [0.2, 0.25) is 0 Å². The Morgan fingerprint density at radius 2 is 1.79 bits per heavy atom. The Hall–Kier alpha value is -2.49. The van der Waals surface area contributed by atoms with Gasteiger partial charge in [0, 0.05) is 0 Å². The van der Waals surface area contributed by atoms with Crippen LogP contribution in [0.4, 0.5) is 0 Å². The van der Waals surface area contributed by atoms with Crippen molar-refractivity contribution < 1.29 is 14.3 Å². The summed E-state index contributed by atoms with van der Waals surface area (Å²) in [5.41, 5.74) is 2.31. The summed E-state index contributed by atoms with van der Waals surface area (Å²) in [5, 5.41) is 2.86. The number of hydrogen-bond donors (Lipinski definition) is 1. The number of nitrogens with one attached hydrogen (secondary N) is 1. The van der Waals surface area contributed by atoms with Gasteiger partial charge in [-0.1, -0.05) is 36.8 Å². The first-order valence-electron chi connectivity index (χ1n) is 8.29. The molecule has 0 aliphatic heterocycles. The highest BCUT2D eigenvalue weighted by atomic mass is 16.5. The Morgan fingerprint density at radius 1 is 1.04 bits per heavy atom. The second kappa shape index (κ2) is 8.96. The maximum absolute atomic E-state index is 12.2. The summed E-state index contributed by atoms with van der Waals surface area (Å²) >= 11 is 0. The molecule has 24 heavy (non-hydrogen) atoms. The van der Waals surface area contributed by atoms with Crippen LogP contribution in [-0.2, 0) is 4.79 Å². The molecule has 0 aliphatic rings. The molecule has 128 valence electrons. The predicted octanol–water partition coefficient (Wildman–Crippen LogP) is 3.66. The average Bonchev–Trinajstić information content (AvgIpc) is 2.58. The number of carbonyl (C=O) groups is 1. The van der Waals surface area contributed by atoms with E-state index in [4.69, 9.17) is 9.47 Å². The van der Waals surface area contributed by atoms with E-state index >= 15 is 0 Å². The van der Waals surface area contributed by atoms with Gasteiger partial charge in [-0.15, -0.1) is 0 Å². The van der Waals surface area contributed by atoms with Crippen molar-refractivity contribution in [3.63, 3.8) is 0 Å². The fourth-order valence-corrected chi connectivity index (χ4v) is 2.27. The van der Waals surface area contributed by atoms with Crippen LogP contribution in [0.1, 0.15) is 24.5 Å². The Labute approximate surface area is 143 Å². The van der Waals surface area contributed by atoms with Gasteiger partial charge in [-0.3, -0.25) is 4.79 Å². The molecule has 0 saturated carbocycles. The number of ether oxygens (including phenoxy) is 2. The average molecular weight is 327 g/mol. The van der Waals surface area contributed by atoms with Gasteiger partial charge < -0.3 is 14.8 Å². The van der Waals surface area contributed by atoms with E-state index in [1.165, 1.54) is 0 Å². The predicted molar refractivity (Wildman–Crippen MR) is 95.6 cm³/mol. The van der Waals surface area contributed by atoms with Crippen LogP contribution >= 0.6 is 0 Å². The number of carbonyl (C=O) groups excluding carboxylic acids is 1. The van der Waals surface area contributed by atoms with Crippen LogP contribution in [-0.4, -0.2) is 25.2 Å². The number of aryl methyl sites for hydroxylation is 2. The second-order valence-corrected chi connectivity index (χ2v) is 5.78. The highest BCUT2D eigenvalue weighted by Gasteiger charge is 2.17. The Morgan fingerprint density at radius 3 is 2.46 bits per heavy atom. The van der Waals surface area contributed by atoms with Crippen LogP contribution in [0.15, 0.2) is 48.5 Å². The van der Waals surface area contributed by atoms with Gasteiger partial charge in [0.1, 0.15) is 18.1 Å². The van der Waals surface area contributed by atoms with Gasteiger partial charge in [-0.2, -0.15) is 0 Å². The first kappa shape index (κ1) is 17.9. The lowest BCUT2D eigenvalue weighted by Crippen LogP contribution is -2.39. The smallest absolute Gasteiger partial charge is 0.261 e. The zero-order valence-electron chi connectivity index (χ0n) is 14.5. The van der Waals surface area contributed by atoms with Gasteiger partial charge >= 0.3 is 0 Å². The molecular weight excluding hydrogens is 302 g/mol. The van der Waals surface area contributed by atoms with E-state index in [1.807, 2.05) is 69.3 Å². The Bertz CT molecular complexity index is 652. The van der Waals surface area contributed by atoms with Crippen LogP contribution in [0.2, 0.25) is 0 Å². The minimum atomic E-state index is -0.494. The molecule has 2 aromatic carbocycles. The number of benzene rings is 2. The largest absolute Gasteiger partial charge is 0.492 e. The SMILES string of the molecule is CC[C@@H](Oc1ccc(C)cc1)C(=O)NCCOc1cccc(C)c1. The molecule has 4 heteroatoms. The molecule has 1 amide bonds. The summed E-state index contributed by atoms with van der Waals surface area (Å²) < 4.78 is 11.4. The van der Waals surface area contributed by atoms with Crippen molar-refractivity contribution in [3.8, 4) is 11.5 Å². The van der Waals surface area contributed by atoms with Crippen molar-refractivity contribution in [3.05, 3.63) is 59.7 Å². The van der Waals surface area contributed by atoms with Crippen molar-refractivity contribution in [1.82, 2.24) is 5.32 Å². The third-order valence-electron chi connectivity index (χ3n) is 3.62. The fraction of sp³-hybridized carbons (Fsp3) is 0.350.